The summed E-state index contributed by atoms with van der Waals surface area (Å²) in [4.78, 5) is 6.75. The molecule has 0 amide bonds. The van der Waals surface area contributed by atoms with Crippen LogP contribution in [-0.2, 0) is 18.4 Å². The normalized spacial score (nSPS) is 18.7. The van der Waals surface area contributed by atoms with Crippen LogP contribution in [0.4, 0.5) is 5.69 Å². The molecule has 0 saturated carbocycles. The highest BCUT2D eigenvalue weighted by Crippen LogP contribution is 2.28. The first-order valence-electron chi connectivity index (χ1n) is 7.35. The van der Waals surface area contributed by atoms with Crippen LogP contribution in [0.2, 0.25) is 0 Å². The molecular formula is C16H22N4O. The summed E-state index contributed by atoms with van der Waals surface area (Å²) in [6.07, 6.45) is 0.923. The van der Waals surface area contributed by atoms with E-state index >= 15 is 0 Å². The van der Waals surface area contributed by atoms with Crippen molar-refractivity contribution in [3.05, 3.63) is 41.5 Å². The summed E-state index contributed by atoms with van der Waals surface area (Å²) in [6, 6.07) is 8.53. The Morgan fingerprint density at radius 3 is 2.81 bits per heavy atom. The molecule has 2 aromatic rings. The lowest BCUT2D eigenvalue weighted by atomic mass is 9.97. The first-order valence-corrected chi connectivity index (χ1v) is 7.35. The van der Waals surface area contributed by atoms with Gasteiger partial charge >= 0.3 is 0 Å². The van der Waals surface area contributed by atoms with Gasteiger partial charge in [0.05, 0.1) is 6.54 Å². The van der Waals surface area contributed by atoms with Gasteiger partial charge in [0.15, 0.2) is 5.82 Å². The summed E-state index contributed by atoms with van der Waals surface area (Å²) in [5, 5.41) is 4.11. The van der Waals surface area contributed by atoms with E-state index in [0.717, 1.165) is 13.0 Å². The van der Waals surface area contributed by atoms with Crippen LogP contribution in [0.1, 0.15) is 38.0 Å². The van der Waals surface area contributed by atoms with E-state index < -0.39 is 0 Å². The van der Waals surface area contributed by atoms with Crippen LogP contribution >= 0.6 is 0 Å². The van der Waals surface area contributed by atoms with Gasteiger partial charge < -0.3 is 15.2 Å². The number of anilines is 1. The van der Waals surface area contributed by atoms with E-state index in [2.05, 4.69) is 60.1 Å². The molecule has 0 spiro atoms. The summed E-state index contributed by atoms with van der Waals surface area (Å²) in [7, 11) is 0. The largest absolute Gasteiger partial charge is 0.362 e. The Hall–Kier alpha value is -1.88. The van der Waals surface area contributed by atoms with Gasteiger partial charge in [-0.1, -0.05) is 44.1 Å². The lowest BCUT2D eigenvalue weighted by molar-refractivity contribution is 0.318. The van der Waals surface area contributed by atoms with Crippen molar-refractivity contribution in [2.75, 3.05) is 11.4 Å². The van der Waals surface area contributed by atoms with Crippen LogP contribution in [0, 0.1) is 0 Å². The van der Waals surface area contributed by atoms with Crippen molar-refractivity contribution in [2.45, 2.75) is 45.2 Å². The number of rotatable bonds is 2. The summed E-state index contributed by atoms with van der Waals surface area (Å²) < 4.78 is 5.37. The van der Waals surface area contributed by atoms with Crippen LogP contribution in [0.5, 0.6) is 0 Å². The third kappa shape index (κ3) is 2.93. The zero-order valence-electron chi connectivity index (χ0n) is 12.8. The third-order valence-electron chi connectivity index (χ3n) is 3.71. The van der Waals surface area contributed by atoms with Gasteiger partial charge in [0.2, 0.25) is 5.89 Å². The molecule has 1 aromatic carbocycles. The average Bonchev–Trinajstić information content (AvgIpc) is 2.87. The number of fused-ring (bicyclic) bond motifs is 1. The fourth-order valence-electron chi connectivity index (χ4n) is 2.66. The van der Waals surface area contributed by atoms with E-state index in [1.54, 1.807) is 0 Å². The number of aromatic nitrogens is 2. The van der Waals surface area contributed by atoms with Crippen LogP contribution < -0.4 is 10.6 Å². The summed E-state index contributed by atoms with van der Waals surface area (Å²) in [6.45, 7) is 7.64. The molecule has 0 saturated heterocycles. The quantitative estimate of drug-likeness (QED) is 0.917. The highest BCUT2D eigenvalue weighted by Gasteiger charge is 2.25. The van der Waals surface area contributed by atoms with Crippen LogP contribution in [0.15, 0.2) is 28.8 Å². The van der Waals surface area contributed by atoms with Crippen molar-refractivity contribution < 1.29 is 4.52 Å². The Labute approximate surface area is 125 Å². The molecule has 0 bridgehead atoms. The highest BCUT2D eigenvalue weighted by molar-refractivity contribution is 5.56. The van der Waals surface area contributed by atoms with Crippen LogP contribution in [0.3, 0.4) is 0 Å². The molecule has 5 nitrogen and oxygen atoms in total. The number of nitrogens with two attached hydrogens (primary N) is 1. The Morgan fingerprint density at radius 2 is 2.10 bits per heavy atom. The Morgan fingerprint density at radius 1 is 1.33 bits per heavy atom. The highest BCUT2D eigenvalue weighted by atomic mass is 16.5. The molecular weight excluding hydrogens is 264 g/mol. The molecule has 3 rings (SSSR count). The number of benzene rings is 1. The van der Waals surface area contributed by atoms with Crippen molar-refractivity contribution in [2.24, 2.45) is 5.73 Å². The minimum absolute atomic E-state index is 0.124. The second-order valence-electron chi connectivity index (χ2n) is 6.74. The Bertz CT molecular complexity index is 629. The standard InChI is InChI=1S/C16H22N4O/c1-16(2,3)15-18-14(19-21-15)10-20-9-12(17)8-11-6-4-5-7-13(11)20/h4-7,12H,8-10,17H2,1-3H3. The van der Waals surface area contributed by atoms with E-state index in [1.807, 2.05) is 0 Å². The molecule has 1 aliphatic heterocycles. The second-order valence-corrected chi connectivity index (χ2v) is 6.74. The van der Waals surface area contributed by atoms with Gasteiger partial charge in [-0.2, -0.15) is 4.98 Å². The van der Waals surface area contributed by atoms with E-state index in [1.165, 1.54) is 11.3 Å². The second kappa shape index (κ2) is 5.15. The predicted molar refractivity (Wildman–Crippen MR) is 82.2 cm³/mol. The van der Waals surface area contributed by atoms with Gasteiger partial charge in [0.1, 0.15) is 0 Å². The first-order chi connectivity index (χ1) is 9.93. The molecule has 21 heavy (non-hydrogen) atoms. The SMILES string of the molecule is CC(C)(C)c1nc(CN2CC(N)Cc3ccccc32)no1. The smallest absolute Gasteiger partial charge is 0.232 e. The predicted octanol–water partition coefficient (Wildman–Crippen LogP) is 2.26. The Balaban J connectivity index is 1.83. The molecule has 112 valence electrons. The number of para-hydroxylation sites is 1. The molecule has 2 heterocycles. The maximum Gasteiger partial charge on any atom is 0.232 e. The van der Waals surface area contributed by atoms with Crippen LogP contribution in [-0.4, -0.2) is 22.7 Å². The monoisotopic (exact) mass is 286 g/mol. The molecule has 1 atom stereocenters. The van der Waals surface area contributed by atoms with E-state index in [9.17, 15) is 0 Å². The molecule has 2 N–H and O–H groups in total. The van der Waals surface area contributed by atoms with Gasteiger partial charge in [-0.15, -0.1) is 0 Å². The summed E-state index contributed by atoms with van der Waals surface area (Å²) in [5.41, 5.74) is 8.55. The van der Waals surface area contributed by atoms with Gasteiger partial charge in [0.25, 0.3) is 0 Å². The maximum atomic E-state index is 6.16. The zero-order valence-corrected chi connectivity index (χ0v) is 12.8. The van der Waals surface area contributed by atoms with Gasteiger partial charge in [-0.25, -0.2) is 0 Å². The molecule has 1 aliphatic rings. The van der Waals surface area contributed by atoms with Crippen molar-refractivity contribution >= 4 is 5.69 Å². The lowest BCUT2D eigenvalue weighted by Gasteiger charge is -2.33. The fourth-order valence-corrected chi connectivity index (χ4v) is 2.66. The molecule has 0 radical (unpaired) electrons. The van der Waals surface area contributed by atoms with Crippen molar-refractivity contribution in [1.82, 2.24) is 10.1 Å². The summed E-state index contributed by atoms with van der Waals surface area (Å²) in [5.74, 6) is 1.39. The number of hydrogen-bond acceptors (Lipinski definition) is 5. The van der Waals surface area contributed by atoms with E-state index in [-0.39, 0.29) is 11.5 Å². The lowest BCUT2D eigenvalue weighted by Crippen LogP contribution is -2.43. The molecule has 0 aliphatic carbocycles. The minimum atomic E-state index is -0.124. The molecule has 1 unspecified atom stereocenters. The zero-order chi connectivity index (χ0) is 15.0. The van der Waals surface area contributed by atoms with E-state index in [4.69, 9.17) is 10.3 Å². The van der Waals surface area contributed by atoms with Crippen molar-refractivity contribution in [3.8, 4) is 0 Å². The molecule has 0 fully saturated rings. The third-order valence-corrected chi connectivity index (χ3v) is 3.71. The first kappa shape index (κ1) is 14.1. The maximum absolute atomic E-state index is 6.16. The summed E-state index contributed by atoms with van der Waals surface area (Å²) >= 11 is 0. The van der Waals surface area contributed by atoms with Crippen molar-refractivity contribution in [3.63, 3.8) is 0 Å². The Kier molecular flexibility index (Phi) is 3.45. The van der Waals surface area contributed by atoms with Gasteiger partial charge in [-0.05, 0) is 18.1 Å². The fraction of sp³-hybridized carbons (Fsp3) is 0.500. The van der Waals surface area contributed by atoms with Gasteiger partial charge in [-0.3, -0.25) is 0 Å². The number of nitrogens with zero attached hydrogens (tertiary/aromatic N) is 3. The van der Waals surface area contributed by atoms with Gasteiger partial charge in [0, 0.05) is 23.7 Å². The molecule has 5 heteroatoms. The van der Waals surface area contributed by atoms with E-state index in [0.29, 0.717) is 18.3 Å². The molecule has 1 aromatic heterocycles. The average molecular weight is 286 g/mol. The van der Waals surface area contributed by atoms with Crippen LogP contribution in [0.25, 0.3) is 0 Å². The topological polar surface area (TPSA) is 68.2 Å². The number of hydrogen-bond donors (Lipinski definition) is 1. The van der Waals surface area contributed by atoms with Crippen molar-refractivity contribution in [1.29, 1.82) is 0 Å². The minimum Gasteiger partial charge on any atom is -0.362 e.